The molecule has 6 heteroatoms. The van der Waals surface area contributed by atoms with Crippen molar-refractivity contribution in [3.05, 3.63) is 65.0 Å². The summed E-state index contributed by atoms with van der Waals surface area (Å²) in [6.07, 6.45) is 3.31. The molecule has 4 rings (SSSR count). The average molecular weight is 367 g/mol. The molecule has 0 aromatic heterocycles. The molecule has 0 bridgehead atoms. The first kappa shape index (κ1) is 17.5. The zero-order valence-corrected chi connectivity index (χ0v) is 15.1. The number of amides is 3. The number of anilines is 1. The smallest absolute Gasteiger partial charge is 0.321 e. The predicted octanol–water partition coefficient (Wildman–Crippen LogP) is 3.30. The highest BCUT2D eigenvalue weighted by Crippen LogP contribution is 2.23. The Morgan fingerprint density at radius 2 is 1.52 bits per heavy atom. The first-order valence-electron chi connectivity index (χ1n) is 9.33. The molecule has 1 heterocycles. The van der Waals surface area contributed by atoms with Crippen LogP contribution in [0.4, 0.5) is 14.9 Å². The van der Waals surface area contributed by atoms with Crippen LogP contribution in [0.15, 0.2) is 42.5 Å². The zero-order chi connectivity index (χ0) is 18.8. The number of carbonyl (C=O) groups is 2. The van der Waals surface area contributed by atoms with Gasteiger partial charge in [0.1, 0.15) is 5.82 Å². The summed E-state index contributed by atoms with van der Waals surface area (Å²) in [6, 6.07) is 11.5. The number of hydrogen-bond donors (Lipinski definition) is 1. The number of nitrogens with zero attached hydrogens (tertiary/aromatic N) is 2. The van der Waals surface area contributed by atoms with Crippen molar-refractivity contribution in [2.45, 2.75) is 19.3 Å². The highest BCUT2D eigenvalue weighted by Gasteiger charge is 2.25. The molecular formula is C21H22FN3O2. The number of nitrogens with one attached hydrogen (secondary N) is 1. The minimum Gasteiger partial charge on any atom is -0.335 e. The van der Waals surface area contributed by atoms with Crippen LogP contribution in [-0.2, 0) is 12.8 Å². The second kappa shape index (κ2) is 7.39. The minimum absolute atomic E-state index is 0.0308. The van der Waals surface area contributed by atoms with E-state index < -0.39 is 0 Å². The van der Waals surface area contributed by atoms with Crippen molar-refractivity contribution in [3.63, 3.8) is 0 Å². The molecule has 0 atom stereocenters. The van der Waals surface area contributed by atoms with Gasteiger partial charge in [-0.15, -0.1) is 0 Å². The SMILES string of the molecule is O=C(Nc1ccc(F)cc1)N1CCN(C(=O)c2ccc3c(c2)CCC3)CC1. The molecule has 0 unspecified atom stereocenters. The molecular weight excluding hydrogens is 345 g/mol. The molecule has 1 aliphatic heterocycles. The van der Waals surface area contributed by atoms with Crippen molar-refractivity contribution in [3.8, 4) is 0 Å². The second-order valence-electron chi connectivity index (χ2n) is 7.05. The summed E-state index contributed by atoms with van der Waals surface area (Å²) >= 11 is 0. The number of aryl methyl sites for hydroxylation is 2. The molecule has 1 fully saturated rings. The van der Waals surface area contributed by atoms with E-state index in [0.29, 0.717) is 31.9 Å². The van der Waals surface area contributed by atoms with Gasteiger partial charge >= 0.3 is 6.03 Å². The first-order chi connectivity index (χ1) is 13.1. The van der Waals surface area contributed by atoms with E-state index in [9.17, 15) is 14.0 Å². The first-order valence-corrected chi connectivity index (χ1v) is 9.33. The Morgan fingerprint density at radius 3 is 2.26 bits per heavy atom. The predicted molar refractivity (Wildman–Crippen MR) is 101 cm³/mol. The number of halogens is 1. The van der Waals surface area contributed by atoms with Gasteiger partial charge in [0, 0.05) is 37.4 Å². The van der Waals surface area contributed by atoms with Crippen molar-refractivity contribution in [1.82, 2.24) is 9.80 Å². The van der Waals surface area contributed by atoms with Gasteiger partial charge in [-0.3, -0.25) is 4.79 Å². The molecule has 1 N–H and O–H groups in total. The summed E-state index contributed by atoms with van der Waals surface area (Å²) in [6.45, 7) is 1.97. The van der Waals surface area contributed by atoms with Crippen LogP contribution in [0.5, 0.6) is 0 Å². The molecule has 0 spiro atoms. The Labute approximate surface area is 157 Å². The van der Waals surface area contributed by atoms with Gasteiger partial charge in [0.2, 0.25) is 0 Å². The minimum atomic E-state index is -0.341. The van der Waals surface area contributed by atoms with Crippen molar-refractivity contribution in [2.24, 2.45) is 0 Å². The summed E-state index contributed by atoms with van der Waals surface area (Å²) in [4.78, 5) is 28.6. The number of urea groups is 1. The van der Waals surface area contributed by atoms with Crippen molar-refractivity contribution < 1.29 is 14.0 Å². The van der Waals surface area contributed by atoms with E-state index in [4.69, 9.17) is 0 Å². The number of rotatable bonds is 2. The molecule has 0 saturated carbocycles. The van der Waals surface area contributed by atoms with Gasteiger partial charge in [-0.05, 0) is 66.8 Å². The molecule has 2 aliphatic rings. The quantitative estimate of drug-likeness (QED) is 0.885. The lowest BCUT2D eigenvalue weighted by Crippen LogP contribution is -2.51. The van der Waals surface area contributed by atoms with E-state index in [1.165, 1.54) is 35.4 Å². The molecule has 140 valence electrons. The molecule has 5 nitrogen and oxygen atoms in total. The van der Waals surface area contributed by atoms with Crippen LogP contribution >= 0.6 is 0 Å². The van der Waals surface area contributed by atoms with Gasteiger partial charge in [0.15, 0.2) is 0 Å². The Hall–Kier alpha value is -2.89. The highest BCUT2D eigenvalue weighted by atomic mass is 19.1. The van der Waals surface area contributed by atoms with Gasteiger partial charge in [-0.2, -0.15) is 0 Å². The lowest BCUT2D eigenvalue weighted by atomic mass is 10.1. The molecule has 0 radical (unpaired) electrons. The van der Waals surface area contributed by atoms with Crippen LogP contribution < -0.4 is 5.32 Å². The van der Waals surface area contributed by atoms with E-state index in [0.717, 1.165) is 24.8 Å². The van der Waals surface area contributed by atoms with Crippen LogP contribution in [-0.4, -0.2) is 47.9 Å². The molecule has 2 aromatic rings. The van der Waals surface area contributed by atoms with Gasteiger partial charge in [0.25, 0.3) is 5.91 Å². The number of piperazine rings is 1. The maximum atomic E-state index is 13.0. The summed E-state index contributed by atoms with van der Waals surface area (Å²) in [7, 11) is 0. The number of benzene rings is 2. The number of fused-ring (bicyclic) bond motifs is 1. The van der Waals surface area contributed by atoms with E-state index >= 15 is 0 Å². The second-order valence-corrected chi connectivity index (χ2v) is 7.05. The summed E-state index contributed by atoms with van der Waals surface area (Å²) in [5.41, 5.74) is 3.94. The fraction of sp³-hybridized carbons (Fsp3) is 0.333. The maximum Gasteiger partial charge on any atom is 0.321 e. The fourth-order valence-electron chi connectivity index (χ4n) is 3.74. The van der Waals surface area contributed by atoms with E-state index in [2.05, 4.69) is 11.4 Å². The number of carbonyl (C=O) groups excluding carboxylic acids is 2. The van der Waals surface area contributed by atoms with Gasteiger partial charge < -0.3 is 15.1 Å². The summed E-state index contributed by atoms with van der Waals surface area (Å²) in [5, 5.41) is 2.76. The normalized spacial score (nSPS) is 16.2. The zero-order valence-electron chi connectivity index (χ0n) is 15.1. The monoisotopic (exact) mass is 367 g/mol. The average Bonchev–Trinajstić information content (AvgIpc) is 3.17. The molecule has 1 saturated heterocycles. The van der Waals surface area contributed by atoms with Crippen molar-refractivity contribution in [2.75, 3.05) is 31.5 Å². The van der Waals surface area contributed by atoms with E-state index in [-0.39, 0.29) is 17.8 Å². The molecule has 2 aromatic carbocycles. The largest absolute Gasteiger partial charge is 0.335 e. The van der Waals surface area contributed by atoms with Crippen LogP contribution in [0, 0.1) is 5.82 Å². The fourth-order valence-corrected chi connectivity index (χ4v) is 3.74. The third kappa shape index (κ3) is 3.79. The third-order valence-electron chi connectivity index (χ3n) is 5.30. The van der Waals surface area contributed by atoms with Gasteiger partial charge in [0.05, 0.1) is 0 Å². The Morgan fingerprint density at radius 1 is 0.852 bits per heavy atom. The van der Waals surface area contributed by atoms with Crippen LogP contribution in [0.3, 0.4) is 0 Å². The molecule has 1 aliphatic carbocycles. The Kier molecular flexibility index (Phi) is 4.79. The van der Waals surface area contributed by atoms with Crippen LogP contribution in [0.2, 0.25) is 0 Å². The van der Waals surface area contributed by atoms with Gasteiger partial charge in [-0.25, -0.2) is 9.18 Å². The standard InChI is InChI=1S/C21H22FN3O2/c22-18-6-8-19(9-7-18)23-21(27)25-12-10-24(11-13-25)20(26)17-5-4-15-2-1-3-16(15)14-17/h4-9,14H,1-3,10-13H2,(H,23,27). The summed E-state index contributed by atoms with van der Waals surface area (Å²) in [5.74, 6) is -0.310. The van der Waals surface area contributed by atoms with Crippen molar-refractivity contribution >= 4 is 17.6 Å². The van der Waals surface area contributed by atoms with Crippen LogP contribution in [0.25, 0.3) is 0 Å². The third-order valence-corrected chi connectivity index (χ3v) is 5.30. The highest BCUT2D eigenvalue weighted by molar-refractivity contribution is 5.95. The summed E-state index contributed by atoms with van der Waals surface area (Å²) < 4.78 is 13.0. The van der Waals surface area contributed by atoms with Crippen LogP contribution in [0.1, 0.15) is 27.9 Å². The van der Waals surface area contributed by atoms with E-state index in [1.807, 2.05) is 12.1 Å². The topological polar surface area (TPSA) is 52.7 Å². The van der Waals surface area contributed by atoms with E-state index in [1.54, 1.807) is 9.80 Å². The molecule has 3 amide bonds. The molecule has 27 heavy (non-hydrogen) atoms. The lowest BCUT2D eigenvalue weighted by Gasteiger charge is -2.34. The lowest BCUT2D eigenvalue weighted by molar-refractivity contribution is 0.0671. The maximum absolute atomic E-state index is 13.0. The number of hydrogen-bond acceptors (Lipinski definition) is 2. The van der Waals surface area contributed by atoms with Crippen molar-refractivity contribution in [1.29, 1.82) is 0 Å². The Balaban J connectivity index is 1.33. The van der Waals surface area contributed by atoms with Gasteiger partial charge in [-0.1, -0.05) is 6.07 Å². The Bertz CT molecular complexity index is 858.